The van der Waals surface area contributed by atoms with Crippen molar-refractivity contribution < 1.29 is 9.18 Å². The Morgan fingerprint density at radius 3 is 2.63 bits per heavy atom. The molecular weight excluding hydrogens is 335 g/mol. The Morgan fingerprint density at radius 1 is 1.47 bits per heavy atom. The number of hydrogen-bond acceptors (Lipinski definition) is 2. The van der Waals surface area contributed by atoms with Crippen LogP contribution in [0.1, 0.15) is 19.8 Å². The van der Waals surface area contributed by atoms with Crippen LogP contribution in [0.25, 0.3) is 0 Å². The molecule has 0 aromatic heterocycles. The number of halogens is 3. The molecule has 0 unspecified atom stereocenters. The molecular formula is C13H15BrClFN2O. The quantitative estimate of drug-likeness (QED) is 0.883. The molecule has 1 N–H and O–H groups in total. The van der Waals surface area contributed by atoms with Crippen LogP contribution in [-0.4, -0.2) is 29.9 Å². The monoisotopic (exact) mass is 348 g/mol. The third-order valence-electron chi connectivity index (χ3n) is 3.30. The molecule has 2 rings (SSSR count). The van der Waals surface area contributed by atoms with E-state index >= 15 is 0 Å². The fourth-order valence-electron chi connectivity index (χ4n) is 2.22. The summed E-state index contributed by atoms with van der Waals surface area (Å²) in [6.45, 7) is 3.06. The summed E-state index contributed by atoms with van der Waals surface area (Å²) in [5.74, 6) is -0.256. The molecule has 0 atom stereocenters. The lowest BCUT2D eigenvalue weighted by Gasteiger charge is -2.32. The minimum absolute atomic E-state index is 0.111. The maximum atomic E-state index is 13.1. The molecule has 3 nitrogen and oxygen atoms in total. The number of anilines is 1. The summed E-state index contributed by atoms with van der Waals surface area (Å²) in [5.41, 5.74) is 0.712. The summed E-state index contributed by atoms with van der Waals surface area (Å²) in [4.78, 5) is 13.1. The van der Waals surface area contributed by atoms with Gasteiger partial charge in [-0.15, -0.1) is 0 Å². The third kappa shape index (κ3) is 3.60. The van der Waals surface area contributed by atoms with Crippen LogP contribution in [0.15, 0.2) is 16.6 Å². The van der Waals surface area contributed by atoms with E-state index in [0.717, 1.165) is 25.9 Å². The summed E-state index contributed by atoms with van der Waals surface area (Å²) in [6.07, 6.45) is 1.72. The maximum Gasteiger partial charge on any atom is 0.219 e. The van der Waals surface area contributed by atoms with Crippen LogP contribution in [0.5, 0.6) is 0 Å². The minimum atomic E-state index is -0.367. The first-order valence-corrected chi connectivity index (χ1v) is 7.31. The lowest BCUT2D eigenvalue weighted by atomic mass is 10.0. The zero-order valence-corrected chi connectivity index (χ0v) is 12.9. The van der Waals surface area contributed by atoms with Crippen molar-refractivity contribution in [3.8, 4) is 0 Å². The van der Waals surface area contributed by atoms with Crippen molar-refractivity contribution in [2.45, 2.75) is 25.8 Å². The summed E-state index contributed by atoms with van der Waals surface area (Å²) < 4.78 is 13.8. The smallest absolute Gasteiger partial charge is 0.219 e. The van der Waals surface area contributed by atoms with Gasteiger partial charge in [0.2, 0.25) is 5.91 Å². The second-order valence-electron chi connectivity index (χ2n) is 4.67. The van der Waals surface area contributed by atoms with Crippen LogP contribution in [0, 0.1) is 5.82 Å². The van der Waals surface area contributed by atoms with Gasteiger partial charge < -0.3 is 10.2 Å². The summed E-state index contributed by atoms with van der Waals surface area (Å²) in [7, 11) is 0. The van der Waals surface area contributed by atoms with Gasteiger partial charge in [0.25, 0.3) is 0 Å². The second-order valence-corrected chi connectivity index (χ2v) is 5.93. The number of nitrogens with one attached hydrogen (secondary N) is 1. The highest BCUT2D eigenvalue weighted by atomic mass is 79.9. The molecule has 1 heterocycles. The highest BCUT2D eigenvalue weighted by Gasteiger charge is 2.21. The molecule has 0 aliphatic carbocycles. The molecule has 0 bridgehead atoms. The van der Waals surface area contributed by atoms with Crippen LogP contribution >= 0.6 is 27.5 Å². The van der Waals surface area contributed by atoms with Gasteiger partial charge in [-0.1, -0.05) is 11.6 Å². The molecule has 6 heteroatoms. The van der Waals surface area contributed by atoms with Crippen LogP contribution in [-0.2, 0) is 4.79 Å². The molecule has 1 saturated heterocycles. The number of rotatable bonds is 2. The number of carbonyl (C=O) groups is 1. The van der Waals surface area contributed by atoms with Crippen molar-refractivity contribution in [3.05, 3.63) is 27.4 Å². The van der Waals surface area contributed by atoms with Crippen molar-refractivity contribution >= 4 is 39.1 Å². The lowest BCUT2D eigenvalue weighted by molar-refractivity contribution is -0.129. The molecule has 1 aliphatic heterocycles. The summed E-state index contributed by atoms with van der Waals surface area (Å²) in [5, 5.41) is 3.68. The zero-order valence-electron chi connectivity index (χ0n) is 10.5. The number of likely N-dealkylation sites (tertiary alicyclic amines) is 1. The second kappa shape index (κ2) is 6.09. The van der Waals surface area contributed by atoms with Crippen LogP contribution in [0.3, 0.4) is 0 Å². The first-order chi connectivity index (χ1) is 8.97. The van der Waals surface area contributed by atoms with Crippen LogP contribution in [0.2, 0.25) is 5.02 Å². The SMILES string of the molecule is CC(=O)N1CCC(Nc2c(Cl)cc(F)cc2Br)CC1. The molecule has 1 aliphatic rings. The van der Waals surface area contributed by atoms with Crippen LogP contribution in [0.4, 0.5) is 10.1 Å². The van der Waals surface area contributed by atoms with E-state index in [-0.39, 0.29) is 17.8 Å². The first-order valence-electron chi connectivity index (χ1n) is 6.14. The van der Waals surface area contributed by atoms with E-state index in [9.17, 15) is 9.18 Å². The van der Waals surface area contributed by atoms with Gasteiger partial charge in [0.1, 0.15) is 5.82 Å². The predicted octanol–water partition coefficient (Wildman–Crippen LogP) is 3.66. The number of nitrogens with zero attached hydrogens (tertiary/aromatic N) is 1. The number of benzene rings is 1. The van der Waals surface area contributed by atoms with Gasteiger partial charge in [0, 0.05) is 30.5 Å². The number of carbonyl (C=O) groups excluding carboxylic acids is 1. The van der Waals surface area contributed by atoms with Crippen molar-refractivity contribution in [2.24, 2.45) is 0 Å². The topological polar surface area (TPSA) is 32.3 Å². The van der Waals surface area contributed by atoms with E-state index < -0.39 is 0 Å². The molecule has 1 fully saturated rings. The summed E-state index contributed by atoms with van der Waals surface area (Å²) in [6, 6.07) is 2.92. The molecule has 0 saturated carbocycles. The standard InChI is InChI=1S/C13H15BrClFN2O/c1-8(19)18-4-2-10(3-5-18)17-13-11(14)6-9(16)7-12(13)15/h6-7,10,17H,2-5H2,1H3. The Hall–Kier alpha value is -0.810. The summed E-state index contributed by atoms with van der Waals surface area (Å²) >= 11 is 9.34. The molecule has 0 spiro atoms. The average Bonchev–Trinajstić information content (AvgIpc) is 2.34. The van der Waals surface area contributed by atoms with E-state index in [1.54, 1.807) is 6.92 Å². The number of hydrogen-bond donors (Lipinski definition) is 1. The highest BCUT2D eigenvalue weighted by molar-refractivity contribution is 9.10. The van der Waals surface area contributed by atoms with E-state index in [1.807, 2.05) is 4.90 Å². The fraction of sp³-hybridized carbons (Fsp3) is 0.462. The van der Waals surface area contributed by atoms with Gasteiger partial charge in [0.05, 0.1) is 10.7 Å². The van der Waals surface area contributed by atoms with Crippen LogP contribution < -0.4 is 5.32 Å². The maximum absolute atomic E-state index is 13.1. The Morgan fingerprint density at radius 2 is 2.11 bits per heavy atom. The highest BCUT2D eigenvalue weighted by Crippen LogP contribution is 2.33. The van der Waals surface area contributed by atoms with Crippen molar-refractivity contribution in [3.63, 3.8) is 0 Å². The first kappa shape index (κ1) is 14.6. The molecule has 0 radical (unpaired) electrons. The van der Waals surface area contributed by atoms with Gasteiger partial charge in [0.15, 0.2) is 0 Å². The van der Waals surface area contributed by atoms with E-state index in [4.69, 9.17) is 11.6 Å². The molecule has 19 heavy (non-hydrogen) atoms. The Balaban J connectivity index is 2.02. The molecule has 1 amide bonds. The largest absolute Gasteiger partial charge is 0.380 e. The molecule has 104 valence electrons. The van der Waals surface area contributed by atoms with Crippen molar-refractivity contribution in [1.29, 1.82) is 0 Å². The zero-order chi connectivity index (χ0) is 14.0. The minimum Gasteiger partial charge on any atom is -0.380 e. The predicted molar refractivity (Wildman–Crippen MR) is 78.0 cm³/mol. The third-order valence-corrected chi connectivity index (χ3v) is 4.22. The lowest BCUT2D eigenvalue weighted by Crippen LogP contribution is -2.41. The van der Waals surface area contributed by atoms with Gasteiger partial charge in [-0.05, 0) is 40.9 Å². The van der Waals surface area contributed by atoms with E-state index in [2.05, 4.69) is 21.2 Å². The molecule has 1 aromatic carbocycles. The normalized spacial score (nSPS) is 16.5. The molecule has 1 aromatic rings. The van der Waals surface area contributed by atoms with Gasteiger partial charge in [-0.2, -0.15) is 0 Å². The Kier molecular flexibility index (Phi) is 4.68. The fourth-order valence-corrected chi connectivity index (χ4v) is 3.14. The van der Waals surface area contributed by atoms with Crippen molar-refractivity contribution in [1.82, 2.24) is 4.90 Å². The van der Waals surface area contributed by atoms with Crippen molar-refractivity contribution in [2.75, 3.05) is 18.4 Å². The van der Waals surface area contributed by atoms with E-state index in [1.165, 1.54) is 12.1 Å². The van der Waals surface area contributed by atoms with Gasteiger partial charge in [-0.3, -0.25) is 4.79 Å². The van der Waals surface area contributed by atoms with Gasteiger partial charge in [-0.25, -0.2) is 4.39 Å². The van der Waals surface area contributed by atoms with Gasteiger partial charge >= 0.3 is 0 Å². The number of piperidine rings is 1. The number of amides is 1. The Bertz CT molecular complexity index is 467. The average molecular weight is 350 g/mol. The Labute approximate surface area is 125 Å². The van der Waals surface area contributed by atoms with E-state index in [0.29, 0.717) is 15.2 Å².